The average Bonchev–Trinajstić information content (AvgIpc) is 3.18. The lowest BCUT2D eigenvalue weighted by molar-refractivity contribution is -0.139. The van der Waals surface area contributed by atoms with E-state index in [-0.39, 0.29) is 11.7 Å². The van der Waals surface area contributed by atoms with Gasteiger partial charge in [0.15, 0.2) is 11.9 Å². The van der Waals surface area contributed by atoms with Crippen molar-refractivity contribution in [3.8, 4) is 5.75 Å². The van der Waals surface area contributed by atoms with E-state index in [1.165, 1.54) is 16.6 Å². The van der Waals surface area contributed by atoms with Gasteiger partial charge in [0.2, 0.25) is 0 Å². The largest absolute Gasteiger partial charge is 0.481 e. The molecule has 1 aromatic heterocycles. The summed E-state index contributed by atoms with van der Waals surface area (Å²) in [5, 5.41) is 1.17. The number of hydrogen-bond acceptors (Lipinski definition) is 5. The molecule has 1 fully saturated rings. The van der Waals surface area contributed by atoms with E-state index >= 15 is 0 Å². The number of fused-ring (bicyclic) bond motifs is 1. The molecule has 1 atom stereocenters. The van der Waals surface area contributed by atoms with E-state index in [1.807, 2.05) is 17.0 Å². The van der Waals surface area contributed by atoms with Crippen LogP contribution in [0.25, 0.3) is 10.2 Å². The predicted octanol–water partition coefficient (Wildman–Crippen LogP) is 4.67. The maximum absolute atomic E-state index is 12.8. The fourth-order valence-electron chi connectivity index (χ4n) is 3.69. The predicted molar refractivity (Wildman–Crippen MR) is 115 cm³/mol. The molecule has 29 heavy (non-hydrogen) atoms. The summed E-state index contributed by atoms with van der Waals surface area (Å²) < 4.78 is 7.02. The van der Waals surface area contributed by atoms with Crippen LogP contribution in [0.15, 0.2) is 48.5 Å². The standard InChI is InChI=1S/C23H24N2O3S/c1-15(26)17-7-9-19(10-8-17)28-16(2)23(27)25-13-11-18(12-14-25)22-24-20-5-3-4-6-21(20)29-22/h3-10,16,18H,11-14H2,1-2H3. The quantitative estimate of drug-likeness (QED) is 0.576. The van der Waals surface area contributed by atoms with Crippen molar-refractivity contribution in [2.75, 3.05) is 13.1 Å². The van der Waals surface area contributed by atoms with E-state index in [2.05, 4.69) is 12.1 Å². The molecule has 0 bridgehead atoms. The van der Waals surface area contributed by atoms with Crippen LogP contribution in [-0.2, 0) is 4.79 Å². The number of carbonyl (C=O) groups is 2. The highest BCUT2D eigenvalue weighted by Crippen LogP contribution is 2.34. The molecule has 1 saturated heterocycles. The Morgan fingerprint density at radius 3 is 2.45 bits per heavy atom. The van der Waals surface area contributed by atoms with Gasteiger partial charge in [-0.3, -0.25) is 9.59 Å². The molecule has 3 aromatic rings. The second kappa shape index (κ2) is 8.33. The number of para-hydroxylation sites is 1. The van der Waals surface area contributed by atoms with Crippen molar-refractivity contribution in [2.24, 2.45) is 0 Å². The number of Topliss-reactive ketones (excluding diaryl/α,β-unsaturated/α-hetero) is 1. The van der Waals surface area contributed by atoms with Gasteiger partial charge in [0.25, 0.3) is 5.91 Å². The molecule has 1 aliphatic heterocycles. The Kier molecular flexibility index (Phi) is 5.62. The number of aromatic nitrogens is 1. The molecular formula is C23H24N2O3S. The summed E-state index contributed by atoms with van der Waals surface area (Å²) in [6, 6.07) is 15.1. The summed E-state index contributed by atoms with van der Waals surface area (Å²) in [5.74, 6) is 1.02. The number of ether oxygens (including phenoxy) is 1. The number of rotatable bonds is 5. The summed E-state index contributed by atoms with van der Waals surface area (Å²) in [4.78, 5) is 30.8. The third kappa shape index (κ3) is 4.32. The Morgan fingerprint density at radius 2 is 1.79 bits per heavy atom. The van der Waals surface area contributed by atoms with E-state index in [0.29, 0.717) is 17.2 Å². The van der Waals surface area contributed by atoms with Crippen LogP contribution in [0.1, 0.15) is 48.0 Å². The third-order valence-corrected chi connectivity index (χ3v) is 6.59. The minimum absolute atomic E-state index is 0.00314. The van der Waals surface area contributed by atoms with Crippen molar-refractivity contribution in [3.05, 3.63) is 59.1 Å². The van der Waals surface area contributed by atoms with Gasteiger partial charge in [-0.25, -0.2) is 4.98 Å². The van der Waals surface area contributed by atoms with Gasteiger partial charge in [0, 0.05) is 24.6 Å². The number of piperidine rings is 1. The molecule has 2 heterocycles. The Hall–Kier alpha value is -2.73. The fraction of sp³-hybridized carbons (Fsp3) is 0.348. The van der Waals surface area contributed by atoms with Gasteiger partial charge in [-0.05, 0) is 63.1 Å². The first-order valence-electron chi connectivity index (χ1n) is 9.93. The van der Waals surface area contributed by atoms with Crippen LogP contribution in [0.5, 0.6) is 5.75 Å². The maximum Gasteiger partial charge on any atom is 0.263 e. The lowest BCUT2D eigenvalue weighted by Crippen LogP contribution is -2.44. The van der Waals surface area contributed by atoms with E-state index in [0.717, 1.165) is 31.4 Å². The molecule has 0 spiro atoms. The van der Waals surface area contributed by atoms with Gasteiger partial charge >= 0.3 is 0 Å². The molecule has 5 nitrogen and oxygen atoms in total. The monoisotopic (exact) mass is 408 g/mol. The van der Waals surface area contributed by atoms with Gasteiger partial charge in [-0.1, -0.05) is 12.1 Å². The van der Waals surface area contributed by atoms with Gasteiger partial charge in [0.05, 0.1) is 15.2 Å². The van der Waals surface area contributed by atoms with Crippen LogP contribution in [-0.4, -0.2) is 40.8 Å². The number of nitrogens with zero attached hydrogens (tertiary/aromatic N) is 2. The van der Waals surface area contributed by atoms with Crippen molar-refractivity contribution in [1.82, 2.24) is 9.88 Å². The number of amides is 1. The summed E-state index contributed by atoms with van der Waals surface area (Å²) in [6.07, 6.45) is 1.29. The minimum atomic E-state index is -0.558. The van der Waals surface area contributed by atoms with E-state index < -0.39 is 6.10 Å². The molecule has 1 aliphatic rings. The molecular weight excluding hydrogens is 384 g/mol. The summed E-state index contributed by atoms with van der Waals surface area (Å²) in [6.45, 7) is 4.74. The van der Waals surface area contributed by atoms with Gasteiger partial charge < -0.3 is 9.64 Å². The van der Waals surface area contributed by atoms with E-state index in [1.54, 1.807) is 42.5 Å². The zero-order valence-electron chi connectivity index (χ0n) is 16.6. The summed E-state index contributed by atoms with van der Waals surface area (Å²) >= 11 is 1.76. The zero-order valence-corrected chi connectivity index (χ0v) is 17.4. The average molecular weight is 409 g/mol. The molecule has 6 heteroatoms. The maximum atomic E-state index is 12.8. The second-order valence-electron chi connectivity index (χ2n) is 7.46. The first kappa shape index (κ1) is 19.6. The molecule has 0 saturated carbocycles. The number of thiazole rings is 1. The van der Waals surface area contributed by atoms with Crippen molar-refractivity contribution in [3.63, 3.8) is 0 Å². The molecule has 0 N–H and O–H groups in total. The van der Waals surface area contributed by atoms with Gasteiger partial charge in [-0.15, -0.1) is 11.3 Å². The van der Waals surface area contributed by atoms with Gasteiger partial charge in [-0.2, -0.15) is 0 Å². The van der Waals surface area contributed by atoms with Crippen molar-refractivity contribution in [2.45, 2.75) is 38.7 Å². The molecule has 150 valence electrons. The van der Waals surface area contributed by atoms with Crippen LogP contribution in [0, 0.1) is 0 Å². The Morgan fingerprint density at radius 1 is 1.10 bits per heavy atom. The lowest BCUT2D eigenvalue weighted by atomic mass is 9.97. The molecule has 4 rings (SSSR count). The first-order chi connectivity index (χ1) is 14.0. The van der Waals surface area contributed by atoms with E-state index in [4.69, 9.17) is 9.72 Å². The molecule has 2 aromatic carbocycles. The summed E-state index contributed by atoms with van der Waals surface area (Å²) in [5.41, 5.74) is 1.69. The minimum Gasteiger partial charge on any atom is -0.481 e. The van der Waals surface area contributed by atoms with Crippen molar-refractivity contribution in [1.29, 1.82) is 0 Å². The first-order valence-corrected chi connectivity index (χ1v) is 10.7. The van der Waals surface area contributed by atoms with Crippen molar-refractivity contribution < 1.29 is 14.3 Å². The third-order valence-electron chi connectivity index (χ3n) is 5.39. The van der Waals surface area contributed by atoms with Crippen LogP contribution in [0.3, 0.4) is 0 Å². The number of carbonyl (C=O) groups excluding carboxylic acids is 2. The number of hydrogen-bond donors (Lipinski definition) is 0. The zero-order chi connectivity index (χ0) is 20.4. The van der Waals surface area contributed by atoms with E-state index in [9.17, 15) is 9.59 Å². The topological polar surface area (TPSA) is 59.5 Å². The second-order valence-corrected chi connectivity index (χ2v) is 8.52. The number of benzene rings is 2. The fourth-order valence-corrected chi connectivity index (χ4v) is 4.83. The highest BCUT2D eigenvalue weighted by Gasteiger charge is 2.29. The van der Waals surface area contributed by atoms with Crippen LogP contribution >= 0.6 is 11.3 Å². The molecule has 0 aliphatic carbocycles. The lowest BCUT2D eigenvalue weighted by Gasteiger charge is -2.32. The Bertz CT molecular complexity index is 987. The Balaban J connectivity index is 1.33. The molecule has 1 amide bonds. The normalized spacial score (nSPS) is 16.0. The van der Waals surface area contributed by atoms with Crippen LogP contribution in [0.4, 0.5) is 0 Å². The highest BCUT2D eigenvalue weighted by atomic mass is 32.1. The highest BCUT2D eigenvalue weighted by molar-refractivity contribution is 7.18. The summed E-state index contributed by atoms with van der Waals surface area (Å²) in [7, 11) is 0. The SMILES string of the molecule is CC(=O)c1ccc(OC(C)C(=O)N2CCC(c3nc4ccccc4s3)CC2)cc1. The van der Waals surface area contributed by atoms with Gasteiger partial charge in [0.1, 0.15) is 5.75 Å². The molecule has 1 unspecified atom stereocenters. The molecule has 0 radical (unpaired) electrons. The van der Waals surface area contributed by atoms with Crippen LogP contribution < -0.4 is 4.74 Å². The smallest absolute Gasteiger partial charge is 0.263 e. The van der Waals surface area contributed by atoms with Crippen LogP contribution in [0.2, 0.25) is 0 Å². The Labute approximate surface area is 174 Å². The number of likely N-dealkylation sites (tertiary alicyclic amines) is 1. The van der Waals surface area contributed by atoms with Crippen molar-refractivity contribution >= 4 is 33.2 Å². The number of ketones is 1.